The van der Waals surface area contributed by atoms with Crippen molar-refractivity contribution < 1.29 is 0 Å². The molecule has 0 aromatic carbocycles. The fourth-order valence-electron chi connectivity index (χ4n) is 1.73. The summed E-state index contributed by atoms with van der Waals surface area (Å²) in [6.07, 6.45) is 6.82. The number of nitrogens with one attached hydrogen (secondary N) is 1. The Kier molecular flexibility index (Phi) is 4.68. The summed E-state index contributed by atoms with van der Waals surface area (Å²) in [4.78, 5) is 16.1. The smallest absolute Gasteiger partial charge is 0.283 e. The molecular weight excluding hydrogens is 320 g/mol. The van der Waals surface area contributed by atoms with Gasteiger partial charge in [0.25, 0.3) is 5.56 Å². The maximum absolute atomic E-state index is 12.0. The lowest BCUT2D eigenvalue weighted by Gasteiger charge is -2.10. The highest BCUT2D eigenvalue weighted by molar-refractivity contribution is 9.10. The minimum absolute atomic E-state index is 0.179. The van der Waals surface area contributed by atoms with Gasteiger partial charge in [-0.3, -0.25) is 9.78 Å². The zero-order valence-corrected chi connectivity index (χ0v) is 12.7. The summed E-state index contributed by atoms with van der Waals surface area (Å²) in [6.45, 7) is 6.60. The normalized spacial score (nSPS) is 10.3. The monoisotopic (exact) mass is 334 g/mol. The molecule has 0 aliphatic carbocycles. The maximum atomic E-state index is 12.0. The van der Waals surface area contributed by atoms with Gasteiger partial charge in [0.05, 0.1) is 18.4 Å². The van der Waals surface area contributed by atoms with Crippen molar-refractivity contribution in [3.8, 4) is 0 Å². The number of hydrogen-bond acceptors (Lipinski definition) is 4. The minimum atomic E-state index is -0.179. The van der Waals surface area contributed by atoms with E-state index in [2.05, 4.69) is 37.9 Å². The highest BCUT2D eigenvalue weighted by Gasteiger charge is 2.08. The Balaban J connectivity index is 2.19. The molecule has 20 heavy (non-hydrogen) atoms. The van der Waals surface area contributed by atoms with Gasteiger partial charge in [-0.05, 0) is 40.0 Å². The first-order valence-electron chi connectivity index (χ1n) is 6.13. The molecule has 1 N–H and O–H groups in total. The van der Waals surface area contributed by atoms with Gasteiger partial charge in [-0.15, -0.1) is 6.58 Å². The van der Waals surface area contributed by atoms with Crippen molar-refractivity contribution in [2.75, 3.05) is 5.32 Å². The van der Waals surface area contributed by atoms with E-state index in [-0.39, 0.29) is 5.56 Å². The van der Waals surface area contributed by atoms with Gasteiger partial charge < -0.3 is 5.32 Å². The molecule has 0 atom stereocenters. The lowest BCUT2D eigenvalue weighted by atomic mass is 10.1. The first-order valence-corrected chi connectivity index (χ1v) is 6.92. The van der Waals surface area contributed by atoms with Crippen LogP contribution in [0.4, 0.5) is 5.69 Å². The molecule has 104 valence electrons. The molecule has 2 aromatic rings. The number of nitrogens with zero attached hydrogens (tertiary/aromatic N) is 3. The van der Waals surface area contributed by atoms with Crippen LogP contribution < -0.4 is 10.9 Å². The number of aromatic nitrogens is 3. The average Bonchev–Trinajstić information content (AvgIpc) is 2.45. The van der Waals surface area contributed by atoms with E-state index in [4.69, 9.17) is 0 Å². The van der Waals surface area contributed by atoms with E-state index in [1.807, 2.05) is 19.2 Å². The van der Waals surface area contributed by atoms with E-state index in [0.717, 1.165) is 11.1 Å². The van der Waals surface area contributed by atoms with Crippen LogP contribution in [0.2, 0.25) is 0 Å². The van der Waals surface area contributed by atoms with Gasteiger partial charge in [0.2, 0.25) is 0 Å². The summed E-state index contributed by atoms with van der Waals surface area (Å²) in [6, 6.07) is 1.95. The van der Waals surface area contributed by atoms with Gasteiger partial charge in [0, 0.05) is 18.9 Å². The highest BCUT2D eigenvalue weighted by atomic mass is 79.9. The van der Waals surface area contributed by atoms with Crippen LogP contribution in [0, 0.1) is 6.92 Å². The largest absolute Gasteiger partial charge is 0.379 e. The van der Waals surface area contributed by atoms with Crippen LogP contribution in [0.1, 0.15) is 11.1 Å². The highest BCUT2D eigenvalue weighted by Crippen LogP contribution is 2.17. The van der Waals surface area contributed by atoms with Gasteiger partial charge >= 0.3 is 0 Å². The molecule has 2 aromatic heterocycles. The Hall–Kier alpha value is -1.95. The van der Waals surface area contributed by atoms with Gasteiger partial charge in [-0.2, -0.15) is 5.10 Å². The van der Waals surface area contributed by atoms with Crippen LogP contribution in [0.15, 0.2) is 46.6 Å². The molecule has 0 saturated carbocycles. The minimum Gasteiger partial charge on any atom is -0.379 e. The molecule has 0 fully saturated rings. The summed E-state index contributed by atoms with van der Waals surface area (Å²) < 4.78 is 1.82. The molecule has 0 amide bonds. The third kappa shape index (κ3) is 3.14. The van der Waals surface area contributed by atoms with Crippen molar-refractivity contribution in [2.45, 2.75) is 20.0 Å². The lowest BCUT2D eigenvalue weighted by molar-refractivity contribution is 0.649. The fourth-order valence-corrected chi connectivity index (χ4v) is 2.18. The third-order valence-electron chi connectivity index (χ3n) is 2.89. The summed E-state index contributed by atoms with van der Waals surface area (Å²) in [7, 11) is 0. The molecule has 6 heteroatoms. The Morgan fingerprint density at radius 3 is 3.00 bits per heavy atom. The van der Waals surface area contributed by atoms with E-state index >= 15 is 0 Å². The van der Waals surface area contributed by atoms with Crippen molar-refractivity contribution >= 4 is 21.6 Å². The summed E-state index contributed by atoms with van der Waals surface area (Å²) in [5, 5.41) is 7.30. The molecule has 2 heterocycles. The molecule has 5 nitrogen and oxygen atoms in total. The van der Waals surface area contributed by atoms with Crippen molar-refractivity contribution in [2.24, 2.45) is 0 Å². The average molecular weight is 335 g/mol. The second-order valence-corrected chi connectivity index (χ2v) is 5.10. The maximum Gasteiger partial charge on any atom is 0.283 e. The van der Waals surface area contributed by atoms with E-state index in [0.29, 0.717) is 23.2 Å². The molecule has 0 saturated heterocycles. The predicted octanol–water partition coefficient (Wildman–Crippen LogP) is 2.51. The number of halogens is 1. The Labute approximate surface area is 125 Å². The van der Waals surface area contributed by atoms with Crippen LogP contribution in [-0.4, -0.2) is 14.8 Å². The van der Waals surface area contributed by atoms with Crippen molar-refractivity contribution in [3.63, 3.8) is 0 Å². The quantitative estimate of drug-likeness (QED) is 0.853. The number of rotatable bonds is 5. The topological polar surface area (TPSA) is 59.8 Å². The Bertz CT molecular complexity index is 681. The fraction of sp³-hybridized carbons (Fsp3) is 0.214. The molecule has 0 radical (unpaired) electrons. The van der Waals surface area contributed by atoms with Crippen LogP contribution >= 0.6 is 15.9 Å². The van der Waals surface area contributed by atoms with E-state index in [1.54, 1.807) is 18.5 Å². The number of pyridine rings is 1. The standard InChI is InChI=1S/C14H15BrN4O/c1-3-6-19-14(20)13(15)12(9-18-19)17-8-11-4-5-16-7-10(11)2/h3-5,7,9,17H,1,6,8H2,2H3. The van der Waals surface area contributed by atoms with E-state index < -0.39 is 0 Å². The summed E-state index contributed by atoms with van der Waals surface area (Å²) >= 11 is 3.31. The Morgan fingerprint density at radius 1 is 1.50 bits per heavy atom. The second-order valence-electron chi connectivity index (χ2n) is 4.30. The lowest BCUT2D eigenvalue weighted by Crippen LogP contribution is -2.23. The molecule has 0 aliphatic heterocycles. The predicted molar refractivity (Wildman–Crippen MR) is 82.7 cm³/mol. The Morgan fingerprint density at radius 2 is 2.30 bits per heavy atom. The van der Waals surface area contributed by atoms with Gasteiger partial charge in [0.1, 0.15) is 4.47 Å². The number of aryl methyl sites for hydroxylation is 1. The number of hydrogen-bond donors (Lipinski definition) is 1. The van der Waals surface area contributed by atoms with Crippen LogP contribution in [0.5, 0.6) is 0 Å². The van der Waals surface area contributed by atoms with Gasteiger partial charge in [0.15, 0.2) is 0 Å². The molecule has 0 unspecified atom stereocenters. The van der Waals surface area contributed by atoms with Crippen molar-refractivity contribution in [1.82, 2.24) is 14.8 Å². The van der Waals surface area contributed by atoms with Crippen LogP contribution in [0.25, 0.3) is 0 Å². The first kappa shape index (κ1) is 14.5. The first-order chi connectivity index (χ1) is 9.63. The zero-order valence-electron chi connectivity index (χ0n) is 11.1. The summed E-state index contributed by atoms with van der Waals surface area (Å²) in [5.74, 6) is 0. The SMILES string of the molecule is C=CCn1ncc(NCc2ccncc2C)c(Br)c1=O. The van der Waals surface area contributed by atoms with Gasteiger partial charge in [-0.1, -0.05) is 6.08 Å². The zero-order chi connectivity index (χ0) is 14.5. The molecule has 2 rings (SSSR count). The van der Waals surface area contributed by atoms with Crippen LogP contribution in [0.3, 0.4) is 0 Å². The third-order valence-corrected chi connectivity index (χ3v) is 3.66. The molecule has 0 spiro atoms. The molecule has 0 bridgehead atoms. The van der Waals surface area contributed by atoms with E-state index in [9.17, 15) is 4.79 Å². The number of anilines is 1. The summed E-state index contributed by atoms with van der Waals surface area (Å²) in [5.41, 5.74) is 2.72. The number of allylic oxidation sites excluding steroid dienone is 1. The second kappa shape index (κ2) is 6.47. The molecular formula is C14H15BrN4O. The molecule has 0 aliphatic rings. The van der Waals surface area contributed by atoms with Crippen molar-refractivity contribution in [1.29, 1.82) is 0 Å². The van der Waals surface area contributed by atoms with E-state index in [1.165, 1.54) is 4.68 Å². The van der Waals surface area contributed by atoms with Gasteiger partial charge in [-0.25, -0.2) is 4.68 Å². The van der Waals surface area contributed by atoms with Crippen molar-refractivity contribution in [3.05, 3.63) is 63.3 Å². The van der Waals surface area contributed by atoms with Crippen LogP contribution in [-0.2, 0) is 13.1 Å².